The van der Waals surface area contributed by atoms with E-state index in [0.29, 0.717) is 48.4 Å². The maximum atomic E-state index is 13.6. The number of hydrogen-bond donors (Lipinski definition) is 2. The van der Waals surface area contributed by atoms with Gasteiger partial charge in [0, 0.05) is 45.7 Å². The summed E-state index contributed by atoms with van der Waals surface area (Å²) in [5.41, 5.74) is 1.15. The van der Waals surface area contributed by atoms with Crippen molar-refractivity contribution in [3.63, 3.8) is 0 Å². The van der Waals surface area contributed by atoms with E-state index in [4.69, 9.17) is 0 Å². The molecule has 1 aromatic heterocycles. The van der Waals surface area contributed by atoms with Crippen LogP contribution in [0.1, 0.15) is 58.3 Å². The number of nitrogens with one attached hydrogen (secondary N) is 2. The van der Waals surface area contributed by atoms with E-state index in [9.17, 15) is 9.59 Å². The smallest absolute Gasteiger partial charge is 0.257 e. The quantitative estimate of drug-likeness (QED) is 0.645. The van der Waals surface area contributed by atoms with Gasteiger partial charge in [-0.05, 0) is 23.8 Å². The van der Waals surface area contributed by atoms with Gasteiger partial charge in [0.15, 0.2) is 0 Å². The van der Waals surface area contributed by atoms with E-state index in [1.807, 2.05) is 18.7 Å². The molecule has 1 aromatic rings. The molecule has 0 unspecified atom stereocenters. The molecule has 0 atom stereocenters. The number of piperazine rings is 1. The lowest BCUT2D eigenvalue weighted by Crippen LogP contribution is -2.45. The summed E-state index contributed by atoms with van der Waals surface area (Å²) in [5.74, 6) is 1.65. The summed E-state index contributed by atoms with van der Waals surface area (Å²) in [4.78, 5) is 34.6. The molecule has 30 heavy (non-hydrogen) atoms. The first-order chi connectivity index (χ1) is 14.2. The SMILES string of the molecule is CC(C)CC(=O)Nc1cnc(N2CCNCC2)c(C(=O)N(CC(C)C)CC(C)C)c1. The first kappa shape index (κ1) is 24.1. The van der Waals surface area contributed by atoms with Crippen LogP contribution >= 0.6 is 0 Å². The highest BCUT2D eigenvalue weighted by Crippen LogP contribution is 2.25. The number of carbonyl (C=O) groups excluding carboxylic acids is 2. The summed E-state index contributed by atoms with van der Waals surface area (Å²) in [6.45, 7) is 17.2. The van der Waals surface area contributed by atoms with Crippen molar-refractivity contribution in [3.05, 3.63) is 17.8 Å². The standard InChI is InChI=1S/C23H39N5O2/c1-16(2)11-21(29)26-19-12-20(22(25-13-19)27-9-7-24-8-10-27)23(30)28(14-17(3)4)15-18(5)6/h12-13,16-18,24H,7-11,14-15H2,1-6H3,(H,26,29). The average molecular weight is 418 g/mol. The zero-order chi connectivity index (χ0) is 22.3. The second-order valence-electron chi connectivity index (χ2n) is 9.48. The summed E-state index contributed by atoms with van der Waals surface area (Å²) in [6, 6.07) is 1.80. The van der Waals surface area contributed by atoms with Crippen LogP contribution in [0.5, 0.6) is 0 Å². The molecule has 1 saturated heterocycles. The fourth-order valence-electron chi connectivity index (χ4n) is 3.69. The van der Waals surface area contributed by atoms with E-state index in [-0.39, 0.29) is 17.7 Å². The fraction of sp³-hybridized carbons (Fsp3) is 0.696. The van der Waals surface area contributed by atoms with Crippen LogP contribution in [0.2, 0.25) is 0 Å². The minimum atomic E-state index is -0.0543. The second-order valence-corrected chi connectivity index (χ2v) is 9.48. The molecule has 2 rings (SSSR count). The van der Waals surface area contributed by atoms with E-state index < -0.39 is 0 Å². The van der Waals surface area contributed by atoms with Crippen LogP contribution in [-0.4, -0.2) is 61.0 Å². The lowest BCUT2D eigenvalue weighted by molar-refractivity contribution is -0.116. The van der Waals surface area contributed by atoms with Gasteiger partial charge in [-0.15, -0.1) is 0 Å². The minimum absolute atomic E-state index is 0.0154. The van der Waals surface area contributed by atoms with Crippen molar-refractivity contribution in [1.29, 1.82) is 0 Å². The fourth-order valence-corrected chi connectivity index (χ4v) is 3.69. The molecule has 2 N–H and O–H groups in total. The molecule has 7 nitrogen and oxygen atoms in total. The van der Waals surface area contributed by atoms with Crippen LogP contribution in [-0.2, 0) is 4.79 Å². The molecule has 7 heteroatoms. The number of hydrogen-bond acceptors (Lipinski definition) is 5. The summed E-state index contributed by atoms with van der Waals surface area (Å²) in [7, 11) is 0. The van der Waals surface area contributed by atoms with Crippen LogP contribution < -0.4 is 15.5 Å². The topological polar surface area (TPSA) is 77.6 Å². The Labute approximate surface area is 181 Å². The number of amides is 2. The Morgan fingerprint density at radius 3 is 2.20 bits per heavy atom. The lowest BCUT2D eigenvalue weighted by Gasteiger charge is -2.32. The third kappa shape index (κ3) is 7.27. The Balaban J connectivity index is 2.38. The number of nitrogens with zero attached hydrogens (tertiary/aromatic N) is 3. The molecule has 1 fully saturated rings. The largest absolute Gasteiger partial charge is 0.353 e. The molecule has 2 heterocycles. The van der Waals surface area contributed by atoms with Crippen LogP contribution in [0.25, 0.3) is 0 Å². The van der Waals surface area contributed by atoms with E-state index in [1.54, 1.807) is 12.3 Å². The van der Waals surface area contributed by atoms with Gasteiger partial charge in [0.1, 0.15) is 5.82 Å². The highest BCUT2D eigenvalue weighted by Gasteiger charge is 2.25. The number of pyridine rings is 1. The van der Waals surface area contributed by atoms with Crippen LogP contribution in [0.4, 0.5) is 11.5 Å². The molecule has 0 spiro atoms. The molecular weight excluding hydrogens is 378 g/mol. The third-order valence-electron chi connectivity index (χ3n) is 4.85. The monoisotopic (exact) mass is 417 g/mol. The zero-order valence-corrected chi connectivity index (χ0v) is 19.5. The molecule has 2 amide bonds. The van der Waals surface area contributed by atoms with E-state index in [0.717, 1.165) is 26.2 Å². The summed E-state index contributed by atoms with van der Waals surface area (Å²) in [6.07, 6.45) is 2.11. The molecule has 0 aliphatic carbocycles. The minimum Gasteiger partial charge on any atom is -0.353 e. The molecule has 0 aromatic carbocycles. The highest BCUT2D eigenvalue weighted by atomic mass is 16.2. The number of rotatable bonds is 9. The van der Waals surface area contributed by atoms with Gasteiger partial charge < -0.3 is 20.4 Å². The van der Waals surface area contributed by atoms with Crippen molar-refractivity contribution < 1.29 is 9.59 Å². The predicted octanol–water partition coefficient (Wildman–Crippen LogP) is 3.23. The Kier molecular flexibility index (Phi) is 9.08. The molecular formula is C23H39N5O2. The van der Waals surface area contributed by atoms with Crippen molar-refractivity contribution in [2.45, 2.75) is 48.0 Å². The summed E-state index contributed by atoms with van der Waals surface area (Å²) < 4.78 is 0. The van der Waals surface area contributed by atoms with Gasteiger partial charge in [0.05, 0.1) is 17.4 Å². The van der Waals surface area contributed by atoms with Crippen molar-refractivity contribution in [3.8, 4) is 0 Å². The van der Waals surface area contributed by atoms with Gasteiger partial charge in [-0.2, -0.15) is 0 Å². The normalized spacial score (nSPS) is 14.5. The van der Waals surface area contributed by atoms with E-state index >= 15 is 0 Å². The molecule has 168 valence electrons. The lowest BCUT2D eigenvalue weighted by atomic mass is 10.1. The maximum absolute atomic E-state index is 13.6. The average Bonchev–Trinajstić information content (AvgIpc) is 2.66. The van der Waals surface area contributed by atoms with Gasteiger partial charge >= 0.3 is 0 Å². The molecule has 0 radical (unpaired) electrons. The van der Waals surface area contributed by atoms with Crippen LogP contribution in [0, 0.1) is 17.8 Å². The molecule has 1 aliphatic rings. The first-order valence-electron chi connectivity index (χ1n) is 11.2. The van der Waals surface area contributed by atoms with E-state index in [1.165, 1.54) is 0 Å². The number of carbonyl (C=O) groups is 2. The first-order valence-corrected chi connectivity index (χ1v) is 11.2. The Bertz CT molecular complexity index is 702. The number of aromatic nitrogens is 1. The van der Waals surface area contributed by atoms with Crippen molar-refractivity contribution in [2.75, 3.05) is 49.5 Å². The highest BCUT2D eigenvalue weighted by molar-refractivity contribution is 6.01. The zero-order valence-electron chi connectivity index (χ0n) is 19.5. The van der Waals surface area contributed by atoms with Crippen molar-refractivity contribution in [2.24, 2.45) is 17.8 Å². The summed E-state index contributed by atoms with van der Waals surface area (Å²) >= 11 is 0. The van der Waals surface area contributed by atoms with Gasteiger partial charge in [0.25, 0.3) is 5.91 Å². The van der Waals surface area contributed by atoms with Gasteiger partial charge in [-0.1, -0.05) is 41.5 Å². The predicted molar refractivity (Wildman–Crippen MR) is 123 cm³/mol. The van der Waals surface area contributed by atoms with Crippen LogP contribution in [0.15, 0.2) is 12.3 Å². The van der Waals surface area contributed by atoms with Gasteiger partial charge in [0.2, 0.25) is 5.91 Å². The van der Waals surface area contributed by atoms with E-state index in [2.05, 4.69) is 48.2 Å². The Morgan fingerprint density at radius 2 is 1.67 bits per heavy atom. The number of anilines is 2. The second kappa shape index (κ2) is 11.3. The third-order valence-corrected chi connectivity index (χ3v) is 4.85. The summed E-state index contributed by atoms with van der Waals surface area (Å²) in [5, 5.41) is 6.26. The van der Waals surface area contributed by atoms with Crippen molar-refractivity contribution >= 4 is 23.3 Å². The van der Waals surface area contributed by atoms with Crippen LogP contribution in [0.3, 0.4) is 0 Å². The Hall–Kier alpha value is -2.15. The Morgan fingerprint density at radius 1 is 1.07 bits per heavy atom. The molecule has 0 saturated carbocycles. The van der Waals surface area contributed by atoms with Gasteiger partial charge in [-0.25, -0.2) is 4.98 Å². The molecule has 0 bridgehead atoms. The van der Waals surface area contributed by atoms with Gasteiger partial charge in [-0.3, -0.25) is 9.59 Å². The molecule has 1 aliphatic heterocycles. The van der Waals surface area contributed by atoms with Crippen molar-refractivity contribution in [1.82, 2.24) is 15.2 Å². The maximum Gasteiger partial charge on any atom is 0.257 e.